The van der Waals surface area contributed by atoms with E-state index < -0.39 is 5.54 Å². The van der Waals surface area contributed by atoms with E-state index in [0.29, 0.717) is 35.4 Å². The lowest BCUT2D eigenvalue weighted by molar-refractivity contribution is 0.201. The highest BCUT2D eigenvalue weighted by molar-refractivity contribution is 6.35. The van der Waals surface area contributed by atoms with Crippen LogP contribution in [0.1, 0.15) is 26.7 Å². The fraction of sp³-hybridized carbons (Fsp3) is 0.571. The Bertz CT molecular complexity index is 502. The second-order valence-corrected chi connectivity index (χ2v) is 6.02. The van der Waals surface area contributed by atoms with Crippen molar-refractivity contribution >= 4 is 35.1 Å². The number of nitrogens with one attached hydrogen (secondary N) is 3. The molecule has 124 valence electrons. The first-order valence-corrected chi connectivity index (χ1v) is 7.87. The molecule has 0 aliphatic heterocycles. The molecule has 0 spiro atoms. The predicted octanol–water partition coefficient (Wildman–Crippen LogP) is 2.65. The molecule has 1 unspecified atom stereocenters. The van der Waals surface area contributed by atoms with E-state index in [-0.39, 0.29) is 12.6 Å². The SMILES string of the molecule is CCC(C)(CCO)NC(=O)NCCNc1ncc(Cl)cc1Cl. The zero-order valence-electron chi connectivity index (χ0n) is 12.7. The average molecular weight is 349 g/mol. The van der Waals surface area contributed by atoms with Crippen LogP contribution in [0.2, 0.25) is 10.0 Å². The number of amides is 2. The van der Waals surface area contributed by atoms with Gasteiger partial charge in [0.2, 0.25) is 0 Å². The van der Waals surface area contributed by atoms with E-state index in [1.54, 1.807) is 6.07 Å². The molecule has 1 aromatic rings. The number of urea groups is 1. The smallest absolute Gasteiger partial charge is 0.315 e. The summed E-state index contributed by atoms with van der Waals surface area (Å²) in [5.41, 5.74) is -0.409. The monoisotopic (exact) mass is 348 g/mol. The third kappa shape index (κ3) is 6.25. The number of hydrogen-bond donors (Lipinski definition) is 4. The zero-order chi connectivity index (χ0) is 16.6. The zero-order valence-corrected chi connectivity index (χ0v) is 14.3. The quantitative estimate of drug-likeness (QED) is 0.544. The van der Waals surface area contributed by atoms with Crippen molar-refractivity contribution < 1.29 is 9.90 Å². The van der Waals surface area contributed by atoms with Crippen molar-refractivity contribution in [1.29, 1.82) is 0 Å². The molecule has 22 heavy (non-hydrogen) atoms. The normalized spacial score (nSPS) is 13.3. The van der Waals surface area contributed by atoms with Crippen molar-refractivity contribution in [2.24, 2.45) is 0 Å². The molecule has 0 saturated heterocycles. The molecule has 2 amide bonds. The molecule has 0 saturated carbocycles. The Kier molecular flexibility index (Phi) is 7.72. The molecule has 6 nitrogen and oxygen atoms in total. The number of pyridine rings is 1. The molecule has 0 fully saturated rings. The van der Waals surface area contributed by atoms with E-state index in [4.69, 9.17) is 28.3 Å². The molecule has 4 N–H and O–H groups in total. The Balaban J connectivity index is 2.33. The summed E-state index contributed by atoms with van der Waals surface area (Å²) >= 11 is 11.7. The highest BCUT2D eigenvalue weighted by Gasteiger charge is 2.23. The summed E-state index contributed by atoms with van der Waals surface area (Å²) in [7, 11) is 0. The number of rotatable bonds is 8. The number of carbonyl (C=O) groups excluding carboxylic acids is 1. The fourth-order valence-electron chi connectivity index (χ4n) is 1.79. The van der Waals surface area contributed by atoms with E-state index in [2.05, 4.69) is 20.9 Å². The van der Waals surface area contributed by atoms with Crippen molar-refractivity contribution in [3.63, 3.8) is 0 Å². The molecule has 1 aromatic heterocycles. The Morgan fingerprint density at radius 2 is 2.14 bits per heavy atom. The second kappa shape index (κ2) is 9.02. The van der Waals surface area contributed by atoms with Gasteiger partial charge in [0.05, 0.1) is 10.0 Å². The topological polar surface area (TPSA) is 86.3 Å². The van der Waals surface area contributed by atoms with Gasteiger partial charge in [-0.05, 0) is 25.8 Å². The standard InChI is InChI=1S/C14H22Cl2N4O2/c1-3-14(2,4-7-21)20-13(22)18-6-5-17-12-11(16)8-10(15)9-19-12/h8-9,21H,3-7H2,1-2H3,(H,17,19)(H2,18,20,22). The summed E-state index contributed by atoms with van der Waals surface area (Å²) in [6, 6.07) is 1.33. The summed E-state index contributed by atoms with van der Waals surface area (Å²) in [5, 5.41) is 18.5. The predicted molar refractivity (Wildman–Crippen MR) is 89.7 cm³/mol. The molecule has 0 bridgehead atoms. The lowest BCUT2D eigenvalue weighted by atomic mass is 9.95. The van der Waals surface area contributed by atoms with Crippen LogP contribution in [0.4, 0.5) is 10.6 Å². The lowest BCUT2D eigenvalue weighted by Gasteiger charge is -2.29. The third-order valence-corrected chi connectivity index (χ3v) is 3.86. The van der Waals surface area contributed by atoms with E-state index in [1.807, 2.05) is 13.8 Å². The van der Waals surface area contributed by atoms with Crippen LogP contribution in [-0.4, -0.2) is 41.4 Å². The summed E-state index contributed by atoms with van der Waals surface area (Å²) in [6.45, 7) is 4.78. The second-order valence-electron chi connectivity index (χ2n) is 5.18. The number of anilines is 1. The minimum absolute atomic E-state index is 0.0346. The molecule has 8 heteroatoms. The van der Waals surface area contributed by atoms with Gasteiger partial charge < -0.3 is 21.1 Å². The molecule has 0 aromatic carbocycles. The van der Waals surface area contributed by atoms with Crippen LogP contribution < -0.4 is 16.0 Å². The van der Waals surface area contributed by atoms with Gasteiger partial charge in [0.1, 0.15) is 5.82 Å². The molecule has 0 radical (unpaired) electrons. The molecular weight excluding hydrogens is 327 g/mol. The van der Waals surface area contributed by atoms with Gasteiger partial charge in [-0.25, -0.2) is 9.78 Å². The van der Waals surface area contributed by atoms with Crippen LogP contribution in [0.3, 0.4) is 0 Å². The molecule has 0 aliphatic carbocycles. The Morgan fingerprint density at radius 3 is 2.73 bits per heavy atom. The molecule has 1 heterocycles. The van der Waals surface area contributed by atoms with Crippen LogP contribution in [0.5, 0.6) is 0 Å². The summed E-state index contributed by atoms with van der Waals surface area (Å²) in [4.78, 5) is 15.9. The number of halogens is 2. The number of aliphatic hydroxyl groups excluding tert-OH is 1. The van der Waals surface area contributed by atoms with Crippen LogP contribution in [-0.2, 0) is 0 Å². The van der Waals surface area contributed by atoms with Gasteiger partial charge in [-0.3, -0.25) is 0 Å². The maximum absolute atomic E-state index is 11.8. The highest BCUT2D eigenvalue weighted by atomic mass is 35.5. The van der Waals surface area contributed by atoms with Crippen molar-refractivity contribution in [2.75, 3.05) is 25.0 Å². The van der Waals surface area contributed by atoms with Crippen LogP contribution in [0, 0.1) is 0 Å². The van der Waals surface area contributed by atoms with Gasteiger partial charge in [-0.15, -0.1) is 0 Å². The fourth-order valence-corrected chi connectivity index (χ4v) is 2.24. The molecule has 1 rings (SSSR count). The van der Waals surface area contributed by atoms with E-state index >= 15 is 0 Å². The number of carbonyl (C=O) groups is 1. The molecule has 1 atom stereocenters. The highest BCUT2D eigenvalue weighted by Crippen LogP contribution is 2.22. The van der Waals surface area contributed by atoms with Crippen molar-refractivity contribution in [1.82, 2.24) is 15.6 Å². The Labute approximate surface area is 140 Å². The first kappa shape index (κ1) is 18.8. The number of hydrogen-bond acceptors (Lipinski definition) is 4. The van der Waals surface area contributed by atoms with Crippen molar-refractivity contribution in [2.45, 2.75) is 32.2 Å². The van der Waals surface area contributed by atoms with Crippen LogP contribution in [0.25, 0.3) is 0 Å². The van der Waals surface area contributed by atoms with Crippen molar-refractivity contribution in [3.8, 4) is 0 Å². The van der Waals surface area contributed by atoms with E-state index in [1.165, 1.54) is 6.20 Å². The number of aromatic nitrogens is 1. The molecular formula is C14H22Cl2N4O2. The number of aliphatic hydroxyl groups is 1. The van der Waals surface area contributed by atoms with Crippen LogP contribution >= 0.6 is 23.2 Å². The van der Waals surface area contributed by atoms with E-state index in [0.717, 1.165) is 6.42 Å². The average Bonchev–Trinajstić information content (AvgIpc) is 2.45. The van der Waals surface area contributed by atoms with Gasteiger partial charge in [0.15, 0.2) is 0 Å². The molecule has 0 aliphatic rings. The minimum Gasteiger partial charge on any atom is -0.396 e. The Morgan fingerprint density at radius 1 is 1.41 bits per heavy atom. The first-order chi connectivity index (χ1) is 10.4. The van der Waals surface area contributed by atoms with Gasteiger partial charge >= 0.3 is 6.03 Å². The van der Waals surface area contributed by atoms with E-state index in [9.17, 15) is 4.79 Å². The maximum atomic E-state index is 11.8. The number of nitrogens with zero attached hydrogens (tertiary/aromatic N) is 1. The van der Waals surface area contributed by atoms with Gasteiger partial charge in [0, 0.05) is 31.4 Å². The summed E-state index contributed by atoms with van der Waals surface area (Å²) in [5.74, 6) is 0.520. The van der Waals surface area contributed by atoms with Crippen LogP contribution in [0.15, 0.2) is 12.3 Å². The minimum atomic E-state index is -0.409. The maximum Gasteiger partial charge on any atom is 0.315 e. The Hall–Kier alpha value is -1.24. The summed E-state index contributed by atoms with van der Waals surface area (Å²) in [6.07, 6.45) is 2.75. The third-order valence-electron chi connectivity index (χ3n) is 3.37. The van der Waals surface area contributed by atoms with Crippen molar-refractivity contribution in [3.05, 3.63) is 22.3 Å². The van der Waals surface area contributed by atoms with Gasteiger partial charge in [0.25, 0.3) is 0 Å². The largest absolute Gasteiger partial charge is 0.396 e. The van der Waals surface area contributed by atoms with Gasteiger partial charge in [-0.1, -0.05) is 30.1 Å². The summed E-state index contributed by atoms with van der Waals surface area (Å²) < 4.78 is 0. The first-order valence-electron chi connectivity index (χ1n) is 7.12. The van der Waals surface area contributed by atoms with Gasteiger partial charge in [-0.2, -0.15) is 0 Å². The lowest BCUT2D eigenvalue weighted by Crippen LogP contribution is -2.51.